The predicted octanol–water partition coefficient (Wildman–Crippen LogP) is 0.320. The Morgan fingerprint density at radius 2 is 2.36 bits per heavy atom. The minimum Gasteiger partial charge on any atom is -0.511 e. The summed E-state index contributed by atoms with van der Waals surface area (Å²) in [5, 5.41) is 19.1. The highest BCUT2D eigenvalue weighted by Crippen LogP contribution is 2.15. The van der Waals surface area contributed by atoms with Crippen LogP contribution in [0.3, 0.4) is 0 Å². The SMILES string of the molecule is NC1CC([N+](=O)[O-])=CC=C1O. The first-order valence-corrected chi connectivity index (χ1v) is 3.11. The van der Waals surface area contributed by atoms with Gasteiger partial charge in [-0.25, -0.2) is 0 Å². The molecule has 11 heavy (non-hydrogen) atoms. The second-order valence-corrected chi connectivity index (χ2v) is 2.32. The maximum absolute atomic E-state index is 10.2. The number of aliphatic hydroxyl groups is 1. The molecule has 0 fully saturated rings. The van der Waals surface area contributed by atoms with Crippen LogP contribution in [0, 0.1) is 10.1 Å². The number of hydrogen-bond acceptors (Lipinski definition) is 4. The highest BCUT2D eigenvalue weighted by atomic mass is 16.6. The number of rotatable bonds is 1. The van der Waals surface area contributed by atoms with Crippen LogP contribution >= 0.6 is 0 Å². The Hall–Kier alpha value is -1.36. The molecule has 1 aliphatic carbocycles. The molecular weight excluding hydrogens is 148 g/mol. The Kier molecular flexibility index (Phi) is 1.91. The van der Waals surface area contributed by atoms with Crippen molar-refractivity contribution in [3.05, 3.63) is 33.7 Å². The first kappa shape index (κ1) is 7.74. The number of aliphatic hydroxyl groups excluding tert-OH is 1. The Bertz CT molecular complexity index is 244. The van der Waals surface area contributed by atoms with Crippen LogP contribution < -0.4 is 5.73 Å². The normalized spacial score (nSPS) is 23.9. The van der Waals surface area contributed by atoms with Crippen LogP contribution in [0.1, 0.15) is 6.42 Å². The van der Waals surface area contributed by atoms with E-state index in [9.17, 15) is 10.1 Å². The van der Waals surface area contributed by atoms with Crippen LogP contribution in [0.25, 0.3) is 0 Å². The molecular formula is C6H8N2O3. The lowest BCUT2D eigenvalue weighted by molar-refractivity contribution is -0.428. The van der Waals surface area contributed by atoms with Crippen LogP contribution in [0.5, 0.6) is 0 Å². The molecule has 0 aromatic heterocycles. The van der Waals surface area contributed by atoms with Gasteiger partial charge in [-0.3, -0.25) is 10.1 Å². The fourth-order valence-electron chi connectivity index (χ4n) is 0.838. The summed E-state index contributed by atoms with van der Waals surface area (Å²) in [5.74, 6) is -0.00407. The number of nitrogens with zero attached hydrogens (tertiary/aromatic N) is 1. The van der Waals surface area contributed by atoms with Gasteiger partial charge in [0.15, 0.2) is 0 Å². The van der Waals surface area contributed by atoms with Gasteiger partial charge in [-0.1, -0.05) is 0 Å². The maximum atomic E-state index is 10.2. The zero-order valence-corrected chi connectivity index (χ0v) is 5.73. The molecule has 0 spiro atoms. The zero-order chi connectivity index (χ0) is 8.43. The van der Waals surface area contributed by atoms with Crippen molar-refractivity contribution in [2.75, 3.05) is 0 Å². The van der Waals surface area contributed by atoms with Gasteiger partial charge in [-0.05, 0) is 6.08 Å². The van der Waals surface area contributed by atoms with Gasteiger partial charge in [0.25, 0.3) is 0 Å². The summed E-state index contributed by atoms with van der Waals surface area (Å²) in [4.78, 5) is 9.68. The van der Waals surface area contributed by atoms with Crippen molar-refractivity contribution in [1.29, 1.82) is 0 Å². The summed E-state index contributed by atoms with van der Waals surface area (Å²) in [5.41, 5.74) is 5.38. The van der Waals surface area contributed by atoms with Gasteiger partial charge in [-0.2, -0.15) is 0 Å². The molecule has 0 bridgehead atoms. The van der Waals surface area contributed by atoms with E-state index >= 15 is 0 Å². The van der Waals surface area contributed by atoms with E-state index in [1.165, 1.54) is 12.2 Å². The number of hydrogen-bond donors (Lipinski definition) is 2. The van der Waals surface area contributed by atoms with Crippen molar-refractivity contribution in [2.45, 2.75) is 12.5 Å². The minimum atomic E-state index is -0.625. The Labute approximate surface area is 63.0 Å². The lowest BCUT2D eigenvalue weighted by atomic mass is 10.1. The molecule has 1 unspecified atom stereocenters. The Morgan fingerprint density at radius 3 is 2.82 bits per heavy atom. The number of nitrogens with two attached hydrogens (primary N) is 1. The fraction of sp³-hybridized carbons (Fsp3) is 0.333. The minimum absolute atomic E-state index is 0.00407. The third-order valence-corrected chi connectivity index (χ3v) is 1.49. The van der Waals surface area contributed by atoms with E-state index in [0.29, 0.717) is 0 Å². The molecule has 0 aliphatic heterocycles. The molecule has 1 atom stereocenters. The average Bonchev–Trinajstić information content (AvgIpc) is 1.94. The molecule has 0 aromatic rings. The largest absolute Gasteiger partial charge is 0.511 e. The topological polar surface area (TPSA) is 89.4 Å². The third kappa shape index (κ3) is 1.56. The zero-order valence-electron chi connectivity index (χ0n) is 5.73. The highest BCUT2D eigenvalue weighted by Gasteiger charge is 2.21. The standard InChI is InChI=1S/C6H8N2O3/c7-5-3-4(8(10)11)1-2-6(5)9/h1-2,5,9H,3,7H2. The summed E-state index contributed by atoms with van der Waals surface area (Å²) in [6.07, 6.45) is 2.61. The third-order valence-electron chi connectivity index (χ3n) is 1.49. The molecule has 0 saturated carbocycles. The molecule has 0 heterocycles. The fourth-order valence-corrected chi connectivity index (χ4v) is 0.838. The molecule has 5 heteroatoms. The average molecular weight is 156 g/mol. The summed E-state index contributed by atoms with van der Waals surface area (Å²) >= 11 is 0. The van der Waals surface area contributed by atoms with Crippen molar-refractivity contribution in [3.63, 3.8) is 0 Å². The smallest absolute Gasteiger partial charge is 0.248 e. The van der Waals surface area contributed by atoms with Gasteiger partial charge in [0.2, 0.25) is 5.70 Å². The molecule has 0 amide bonds. The lowest BCUT2D eigenvalue weighted by Gasteiger charge is -2.11. The summed E-state index contributed by atoms with van der Waals surface area (Å²) in [6.45, 7) is 0. The molecule has 0 saturated heterocycles. The van der Waals surface area contributed by atoms with E-state index in [-0.39, 0.29) is 17.9 Å². The number of allylic oxidation sites excluding steroid dienone is 2. The van der Waals surface area contributed by atoms with Gasteiger partial charge in [0.1, 0.15) is 5.76 Å². The van der Waals surface area contributed by atoms with Crippen LogP contribution in [0.2, 0.25) is 0 Å². The van der Waals surface area contributed by atoms with Crippen LogP contribution in [-0.4, -0.2) is 16.1 Å². The quantitative estimate of drug-likeness (QED) is 0.422. The Morgan fingerprint density at radius 1 is 1.73 bits per heavy atom. The van der Waals surface area contributed by atoms with Crippen LogP contribution in [0.4, 0.5) is 0 Å². The second-order valence-electron chi connectivity index (χ2n) is 2.32. The van der Waals surface area contributed by atoms with E-state index < -0.39 is 11.0 Å². The van der Waals surface area contributed by atoms with Crippen molar-refractivity contribution in [3.8, 4) is 0 Å². The Balaban J connectivity index is 2.82. The molecule has 0 radical (unpaired) electrons. The van der Waals surface area contributed by atoms with Gasteiger partial charge >= 0.3 is 0 Å². The summed E-state index contributed by atoms with van der Waals surface area (Å²) in [7, 11) is 0. The van der Waals surface area contributed by atoms with E-state index in [2.05, 4.69) is 0 Å². The van der Waals surface area contributed by atoms with Crippen LogP contribution in [-0.2, 0) is 0 Å². The van der Waals surface area contributed by atoms with Gasteiger partial charge in [0.05, 0.1) is 17.4 Å². The molecule has 1 aliphatic rings. The number of nitro groups is 1. The van der Waals surface area contributed by atoms with Crippen LogP contribution in [0.15, 0.2) is 23.6 Å². The maximum Gasteiger partial charge on any atom is 0.248 e. The van der Waals surface area contributed by atoms with E-state index in [1.807, 2.05) is 0 Å². The monoisotopic (exact) mass is 156 g/mol. The van der Waals surface area contributed by atoms with E-state index in [1.54, 1.807) is 0 Å². The van der Waals surface area contributed by atoms with Crippen molar-refractivity contribution >= 4 is 0 Å². The van der Waals surface area contributed by atoms with E-state index in [4.69, 9.17) is 10.8 Å². The molecule has 5 nitrogen and oxygen atoms in total. The summed E-state index contributed by atoms with van der Waals surface area (Å²) < 4.78 is 0. The van der Waals surface area contributed by atoms with Gasteiger partial charge in [0, 0.05) is 6.08 Å². The first-order valence-electron chi connectivity index (χ1n) is 3.11. The van der Waals surface area contributed by atoms with Gasteiger partial charge in [-0.15, -0.1) is 0 Å². The van der Waals surface area contributed by atoms with Crippen molar-refractivity contribution in [2.24, 2.45) is 5.73 Å². The predicted molar refractivity (Wildman–Crippen MR) is 38.4 cm³/mol. The molecule has 0 aromatic carbocycles. The lowest BCUT2D eigenvalue weighted by Crippen LogP contribution is -2.26. The van der Waals surface area contributed by atoms with E-state index in [0.717, 1.165) is 0 Å². The molecule has 1 rings (SSSR count). The molecule has 60 valence electrons. The molecule has 3 N–H and O–H groups in total. The van der Waals surface area contributed by atoms with Crippen molar-refractivity contribution < 1.29 is 10.0 Å². The first-order chi connectivity index (χ1) is 5.11. The van der Waals surface area contributed by atoms with Crippen molar-refractivity contribution in [1.82, 2.24) is 0 Å². The van der Waals surface area contributed by atoms with Gasteiger partial charge < -0.3 is 10.8 Å². The second kappa shape index (κ2) is 2.71. The highest BCUT2D eigenvalue weighted by molar-refractivity contribution is 5.20. The summed E-state index contributed by atoms with van der Waals surface area (Å²) in [6, 6.07) is -0.625.